The Bertz CT molecular complexity index is 689. The second-order valence-electron chi connectivity index (χ2n) is 6.14. The van der Waals surface area contributed by atoms with Crippen molar-refractivity contribution in [1.82, 2.24) is 9.80 Å². The number of hydrogen-bond acceptors (Lipinski definition) is 2. The predicted octanol–water partition coefficient (Wildman–Crippen LogP) is 2.57. The van der Waals surface area contributed by atoms with Gasteiger partial charge in [-0.25, -0.2) is 4.39 Å². The van der Waals surface area contributed by atoms with Gasteiger partial charge in [0, 0.05) is 13.1 Å². The van der Waals surface area contributed by atoms with Gasteiger partial charge in [-0.15, -0.1) is 0 Å². The number of benzene rings is 1. The van der Waals surface area contributed by atoms with Crippen molar-refractivity contribution in [2.75, 3.05) is 6.54 Å². The third kappa shape index (κ3) is 2.74. The van der Waals surface area contributed by atoms with Crippen molar-refractivity contribution < 1.29 is 27.2 Å². The molecular formula is C16H16F4N2O2. The molecule has 0 spiro atoms. The fourth-order valence-electron chi connectivity index (χ4n) is 3.34. The summed E-state index contributed by atoms with van der Waals surface area (Å²) in [6, 6.07) is 1.35. The largest absolute Gasteiger partial charge is 0.419 e. The number of carbonyl (C=O) groups excluding carboxylic acids is 2. The molecule has 0 aliphatic carbocycles. The van der Waals surface area contributed by atoms with Gasteiger partial charge >= 0.3 is 6.18 Å². The van der Waals surface area contributed by atoms with Gasteiger partial charge in [0.15, 0.2) is 0 Å². The lowest BCUT2D eigenvalue weighted by atomic mass is 10.0. The van der Waals surface area contributed by atoms with E-state index in [0.717, 1.165) is 18.6 Å². The van der Waals surface area contributed by atoms with Crippen molar-refractivity contribution >= 4 is 11.8 Å². The van der Waals surface area contributed by atoms with Crippen LogP contribution in [0.25, 0.3) is 0 Å². The summed E-state index contributed by atoms with van der Waals surface area (Å²) in [5.41, 5.74) is -1.12. The Morgan fingerprint density at radius 2 is 1.92 bits per heavy atom. The molecule has 0 N–H and O–H groups in total. The first-order chi connectivity index (χ1) is 11.2. The Morgan fingerprint density at radius 3 is 2.54 bits per heavy atom. The van der Waals surface area contributed by atoms with Crippen LogP contribution in [-0.4, -0.2) is 40.2 Å². The van der Waals surface area contributed by atoms with Gasteiger partial charge in [-0.05, 0) is 37.5 Å². The average molecular weight is 344 g/mol. The monoisotopic (exact) mass is 344 g/mol. The Kier molecular flexibility index (Phi) is 4.01. The minimum absolute atomic E-state index is 0.0921. The lowest BCUT2D eigenvalue weighted by Crippen LogP contribution is -2.61. The number of rotatable bonds is 2. The first-order valence-electron chi connectivity index (χ1n) is 7.66. The molecule has 1 aromatic carbocycles. The van der Waals surface area contributed by atoms with Gasteiger partial charge in [0.2, 0.25) is 11.8 Å². The molecule has 0 saturated carbocycles. The molecule has 2 fully saturated rings. The third-order valence-corrected chi connectivity index (χ3v) is 4.62. The molecule has 24 heavy (non-hydrogen) atoms. The standard InChI is InChI=1S/C16H16F4N2O2/c1-9-14(23)21-6-2-3-13(21)15(24)22(9)8-10-4-5-11(12(17)7-10)16(18,19)20/h4-5,7,9,13H,2-3,6,8H2,1H3/t9-,13+/m0/s1. The molecule has 0 bridgehead atoms. The molecule has 0 aromatic heterocycles. The molecule has 2 amide bonds. The molecule has 2 heterocycles. The Morgan fingerprint density at radius 1 is 1.21 bits per heavy atom. The van der Waals surface area contributed by atoms with E-state index in [1.165, 1.54) is 4.90 Å². The van der Waals surface area contributed by atoms with E-state index in [1.807, 2.05) is 0 Å². The van der Waals surface area contributed by atoms with Crippen molar-refractivity contribution in [2.45, 2.75) is 44.6 Å². The molecule has 0 radical (unpaired) electrons. The van der Waals surface area contributed by atoms with E-state index in [-0.39, 0.29) is 23.9 Å². The normalized spacial score (nSPS) is 24.5. The van der Waals surface area contributed by atoms with Crippen molar-refractivity contribution in [3.8, 4) is 0 Å². The maximum Gasteiger partial charge on any atom is 0.419 e. The van der Waals surface area contributed by atoms with Crippen molar-refractivity contribution in [3.05, 3.63) is 35.1 Å². The van der Waals surface area contributed by atoms with E-state index in [0.29, 0.717) is 19.0 Å². The van der Waals surface area contributed by atoms with Gasteiger partial charge in [-0.2, -0.15) is 13.2 Å². The molecule has 130 valence electrons. The van der Waals surface area contributed by atoms with E-state index in [2.05, 4.69) is 0 Å². The SMILES string of the molecule is C[C@H]1C(=O)N2CCC[C@@H]2C(=O)N1Cc1ccc(C(F)(F)F)c(F)c1. The maximum absolute atomic E-state index is 13.7. The number of nitrogens with zero attached hydrogens (tertiary/aromatic N) is 2. The van der Waals surface area contributed by atoms with Crippen molar-refractivity contribution in [1.29, 1.82) is 0 Å². The highest BCUT2D eigenvalue weighted by molar-refractivity contribution is 5.97. The molecule has 2 atom stereocenters. The second-order valence-corrected chi connectivity index (χ2v) is 6.14. The third-order valence-electron chi connectivity index (χ3n) is 4.62. The summed E-state index contributed by atoms with van der Waals surface area (Å²) >= 11 is 0. The predicted molar refractivity (Wildman–Crippen MR) is 76.1 cm³/mol. The summed E-state index contributed by atoms with van der Waals surface area (Å²) in [5.74, 6) is -1.80. The zero-order chi connectivity index (χ0) is 17.6. The molecule has 2 saturated heterocycles. The van der Waals surface area contributed by atoms with E-state index in [4.69, 9.17) is 0 Å². The number of fused-ring (bicyclic) bond motifs is 1. The smallest absolute Gasteiger partial charge is 0.329 e. The topological polar surface area (TPSA) is 40.6 Å². The van der Waals surface area contributed by atoms with E-state index < -0.39 is 29.6 Å². The van der Waals surface area contributed by atoms with Gasteiger partial charge in [0.1, 0.15) is 17.9 Å². The number of alkyl halides is 3. The fraction of sp³-hybridized carbons (Fsp3) is 0.500. The van der Waals surface area contributed by atoms with Crippen LogP contribution >= 0.6 is 0 Å². The molecular weight excluding hydrogens is 328 g/mol. The lowest BCUT2D eigenvalue weighted by Gasteiger charge is -2.41. The van der Waals surface area contributed by atoms with Crippen LogP contribution in [0.3, 0.4) is 0 Å². The molecule has 0 unspecified atom stereocenters. The van der Waals surface area contributed by atoms with Crippen LogP contribution in [0.2, 0.25) is 0 Å². The minimum Gasteiger partial charge on any atom is -0.329 e. The lowest BCUT2D eigenvalue weighted by molar-refractivity contribution is -0.159. The fourth-order valence-corrected chi connectivity index (χ4v) is 3.34. The summed E-state index contributed by atoms with van der Waals surface area (Å²) in [7, 11) is 0. The summed E-state index contributed by atoms with van der Waals surface area (Å²) in [6.45, 7) is 2.03. The molecule has 3 rings (SSSR count). The average Bonchev–Trinajstić information content (AvgIpc) is 2.98. The minimum atomic E-state index is -4.77. The molecule has 2 aliphatic rings. The van der Waals surface area contributed by atoms with Gasteiger partial charge < -0.3 is 9.80 Å². The first-order valence-corrected chi connectivity index (χ1v) is 7.66. The quantitative estimate of drug-likeness (QED) is 0.774. The van der Waals surface area contributed by atoms with Crippen LogP contribution in [0, 0.1) is 5.82 Å². The molecule has 8 heteroatoms. The summed E-state index contributed by atoms with van der Waals surface area (Å²) in [4.78, 5) is 27.7. The van der Waals surface area contributed by atoms with Gasteiger partial charge in [0.25, 0.3) is 0 Å². The highest BCUT2D eigenvalue weighted by Crippen LogP contribution is 2.32. The summed E-state index contributed by atoms with van der Waals surface area (Å²) in [6.07, 6.45) is -3.44. The van der Waals surface area contributed by atoms with Crippen molar-refractivity contribution in [2.24, 2.45) is 0 Å². The van der Waals surface area contributed by atoms with Crippen LogP contribution in [0.1, 0.15) is 30.9 Å². The number of halogens is 4. The molecule has 2 aliphatic heterocycles. The van der Waals surface area contributed by atoms with E-state index in [1.54, 1.807) is 11.8 Å². The second kappa shape index (κ2) is 5.75. The van der Waals surface area contributed by atoms with E-state index in [9.17, 15) is 27.2 Å². The number of amides is 2. The molecule has 1 aromatic rings. The highest BCUT2D eigenvalue weighted by atomic mass is 19.4. The maximum atomic E-state index is 13.7. The van der Waals surface area contributed by atoms with Crippen LogP contribution < -0.4 is 0 Å². The van der Waals surface area contributed by atoms with Crippen molar-refractivity contribution in [3.63, 3.8) is 0 Å². The summed E-state index contributed by atoms with van der Waals surface area (Å²) in [5, 5.41) is 0. The zero-order valence-corrected chi connectivity index (χ0v) is 12.9. The van der Waals surface area contributed by atoms with Crippen LogP contribution in [0.5, 0.6) is 0 Å². The summed E-state index contributed by atoms with van der Waals surface area (Å²) < 4.78 is 51.5. The Labute approximate surface area is 136 Å². The Hall–Kier alpha value is -2.12. The zero-order valence-electron chi connectivity index (χ0n) is 12.9. The Balaban J connectivity index is 1.84. The van der Waals surface area contributed by atoms with E-state index >= 15 is 0 Å². The molecule has 4 nitrogen and oxygen atoms in total. The first kappa shape index (κ1) is 16.7. The van der Waals surface area contributed by atoms with Gasteiger partial charge in [-0.3, -0.25) is 9.59 Å². The van der Waals surface area contributed by atoms with Crippen LogP contribution in [0.15, 0.2) is 18.2 Å². The van der Waals surface area contributed by atoms with Gasteiger partial charge in [0.05, 0.1) is 5.56 Å². The number of carbonyl (C=O) groups is 2. The highest BCUT2D eigenvalue weighted by Gasteiger charge is 2.45. The van der Waals surface area contributed by atoms with Gasteiger partial charge in [-0.1, -0.05) is 6.07 Å². The number of piperazine rings is 1. The number of hydrogen-bond donors (Lipinski definition) is 0. The van der Waals surface area contributed by atoms with Crippen LogP contribution in [0.4, 0.5) is 17.6 Å². The van der Waals surface area contributed by atoms with Crippen LogP contribution in [-0.2, 0) is 22.3 Å².